The maximum absolute atomic E-state index is 10.3. The van der Waals surface area contributed by atoms with Crippen LogP contribution in [0.3, 0.4) is 0 Å². The highest BCUT2D eigenvalue weighted by molar-refractivity contribution is 7.18. The van der Waals surface area contributed by atoms with Crippen molar-refractivity contribution in [3.05, 3.63) is 42.2 Å². The van der Waals surface area contributed by atoms with Gasteiger partial charge in [0.25, 0.3) is 0 Å². The van der Waals surface area contributed by atoms with Gasteiger partial charge in [0.2, 0.25) is 5.13 Å². The van der Waals surface area contributed by atoms with Crippen LogP contribution in [0.5, 0.6) is 0 Å². The Morgan fingerprint density at radius 3 is 2.67 bits per heavy atom. The van der Waals surface area contributed by atoms with Crippen LogP contribution in [0, 0.1) is 11.3 Å². The molecule has 0 aliphatic carbocycles. The van der Waals surface area contributed by atoms with Crippen LogP contribution in [-0.4, -0.2) is 67.3 Å². The van der Waals surface area contributed by atoms with Gasteiger partial charge in [0, 0.05) is 25.0 Å². The number of piperidine rings is 1. The molecule has 4 aromatic heterocycles. The number of fused-ring (bicyclic) bond motifs is 1. The van der Waals surface area contributed by atoms with Gasteiger partial charge in [-0.25, -0.2) is 4.52 Å². The molecule has 0 amide bonds. The van der Waals surface area contributed by atoms with Gasteiger partial charge in [-0.3, -0.25) is 4.98 Å². The van der Waals surface area contributed by atoms with Gasteiger partial charge in [-0.1, -0.05) is 11.3 Å². The van der Waals surface area contributed by atoms with Crippen molar-refractivity contribution in [1.29, 1.82) is 5.26 Å². The molecule has 184 valence electrons. The molecular weight excluding hydrogens is 476 g/mol. The van der Waals surface area contributed by atoms with Gasteiger partial charge in [0.1, 0.15) is 6.07 Å². The Kier molecular flexibility index (Phi) is 5.40. The van der Waals surface area contributed by atoms with Crippen molar-refractivity contribution in [2.24, 2.45) is 0 Å². The third-order valence-corrected chi connectivity index (χ3v) is 7.85. The van der Waals surface area contributed by atoms with Crippen molar-refractivity contribution in [1.82, 2.24) is 24.8 Å². The molecule has 0 bridgehead atoms. The van der Waals surface area contributed by atoms with E-state index < -0.39 is 5.60 Å². The Balaban J connectivity index is 1.36. The molecule has 36 heavy (non-hydrogen) atoms. The lowest BCUT2D eigenvalue weighted by atomic mass is 9.94. The fraction of sp³-hybridized carbons (Fsp3) is 0.400. The fourth-order valence-electron chi connectivity index (χ4n) is 4.56. The summed E-state index contributed by atoms with van der Waals surface area (Å²) in [5.41, 5.74) is 3.91. The summed E-state index contributed by atoms with van der Waals surface area (Å²) in [5, 5.41) is 38.1. The molecule has 2 fully saturated rings. The molecule has 2 N–H and O–H groups in total. The average molecular weight is 503 g/mol. The minimum absolute atomic E-state index is 0.180. The maximum atomic E-state index is 10.3. The van der Waals surface area contributed by atoms with E-state index in [0.717, 1.165) is 51.4 Å². The normalized spacial score (nSPS) is 18.6. The molecule has 0 aromatic carbocycles. The number of aliphatic hydroxyl groups is 1. The van der Waals surface area contributed by atoms with E-state index in [1.165, 1.54) is 11.3 Å². The number of hydrogen-bond donors (Lipinski definition) is 2. The lowest BCUT2D eigenvalue weighted by Crippen LogP contribution is -2.53. The van der Waals surface area contributed by atoms with Crippen molar-refractivity contribution >= 4 is 27.7 Å². The van der Waals surface area contributed by atoms with Crippen LogP contribution in [0.1, 0.15) is 32.3 Å². The molecule has 0 atom stereocenters. The third kappa shape index (κ3) is 4.17. The van der Waals surface area contributed by atoms with Crippen molar-refractivity contribution in [3.63, 3.8) is 0 Å². The molecule has 0 unspecified atom stereocenters. The number of aromatic nitrogens is 5. The van der Waals surface area contributed by atoms with Crippen molar-refractivity contribution in [2.45, 2.75) is 37.8 Å². The second-order valence-corrected chi connectivity index (χ2v) is 11.0. The molecule has 0 saturated carbocycles. The summed E-state index contributed by atoms with van der Waals surface area (Å²) >= 11 is 1.53. The molecule has 4 aromatic rings. The van der Waals surface area contributed by atoms with Gasteiger partial charge in [0.05, 0.1) is 58.6 Å². The quantitative estimate of drug-likeness (QED) is 0.423. The summed E-state index contributed by atoms with van der Waals surface area (Å²) in [6, 6.07) is 9.84. The van der Waals surface area contributed by atoms with E-state index in [4.69, 9.17) is 9.72 Å². The van der Waals surface area contributed by atoms with E-state index in [-0.39, 0.29) is 5.54 Å². The number of hydrogen-bond acceptors (Lipinski definition) is 10. The zero-order chi connectivity index (χ0) is 24.9. The summed E-state index contributed by atoms with van der Waals surface area (Å²) in [6.45, 7) is 6.75. The molecule has 11 heteroatoms. The Bertz CT molecular complexity index is 1470. The molecule has 6 rings (SSSR count). The van der Waals surface area contributed by atoms with Crippen LogP contribution >= 0.6 is 11.3 Å². The van der Waals surface area contributed by atoms with Crippen molar-refractivity contribution < 1.29 is 9.84 Å². The Hall–Kier alpha value is -3.59. The lowest BCUT2D eigenvalue weighted by molar-refractivity contribution is -0.0318. The van der Waals surface area contributed by atoms with E-state index in [2.05, 4.69) is 38.5 Å². The number of nitrogens with zero attached hydrogens (tertiary/aromatic N) is 7. The van der Waals surface area contributed by atoms with Crippen LogP contribution in [0.25, 0.3) is 27.5 Å². The zero-order valence-electron chi connectivity index (χ0n) is 20.1. The van der Waals surface area contributed by atoms with E-state index in [1.54, 1.807) is 16.8 Å². The molecule has 0 spiro atoms. The summed E-state index contributed by atoms with van der Waals surface area (Å²) < 4.78 is 7.25. The standard InChI is InChI=1S/C25H26N8O2S/c1-24(14-35-15-24)29-19-10-20(21-4-3-17-9-16(11-26)12-28-33(17)21)27-13-18(19)22-30-31-23(36-22)32-7-5-25(2,34)6-8-32/h3-4,9-10,12-13,34H,5-8,14-15H2,1-2H3,(H,27,29). The minimum atomic E-state index is -0.616. The highest BCUT2D eigenvalue weighted by Crippen LogP contribution is 2.38. The molecule has 6 heterocycles. The van der Waals surface area contributed by atoms with E-state index >= 15 is 0 Å². The molecular formula is C25H26N8O2S. The third-order valence-electron chi connectivity index (χ3n) is 6.83. The molecule has 2 aliphatic rings. The Morgan fingerprint density at radius 1 is 1.14 bits per heavy atom. The van der Waals surface area contributed by atoms with Gasteiger partial charge < -0.3 is 20.1 Å². The predicted molar refractivity (Wildman–Crippen MR) is 137 cm³/mol. The second-order valence-electron chi connectivity index (χ2n) is 10.1. The molecule has 0 radical (unpaired) electrons. The first kappa shape index (κ1) is 22.8. The molecule has 2 aliphatic heterocycles. The monoisotopic (exact) mass is 502 g/mol. The maximum Gasteiger partial charge on any atom is 0.208 e. The van der Waals surface area contributed by atoms with Crippen LogP contribution in [-0.2, 0) is 4.74 Å². The van der Waals surface area contributed by atoms with Gasteiger partial charge >= 0.3 is 0 Å². The van der Waals surface area contributed by atoms with E-state index in [1.807, 2.05) is 31.3 Å². The number of nitriles is 1. The van der Waals surface area contributed by atoms with Crippen LogP contribution in [0.2, 0.25) is 0 Å². The van der Waals surface area contributed by atoms with Crippen LogP contribution in [0.15, 0.2) is 36.7 Å². The summed E-state index contributed by atoms with van der Waals surface area (Å²) in [4.78, 5) is 6.94. The van der Waals surface area contributed by atoms with Crippen molar-refractivity contribution in [2.75, 3.05) is 36.5 Å². The first-order chi connectivity index (χ1) is 17.3. The van der Waals surface area contributed by atoms with Crippen LogP contribution in [0.4, 0.5) is 10.8 Å². The van der Waals surface area contributed by atoms with Crippen molar-refractivity contribution in [3.8, 4) is 28.0 Å². The van der Waals surface area contributed by atoms with E-state index in [0.29, 0.717) is 31.6 Å². The Labute approximate surface area is 212 Å². The predicted octanol–water partition coefficient (Wildman–Crippen LogP) is 3.34. The summed E-state index contributed by atoms with van der Waals surface area (Å²) in [6.07, 6.45) is 4.80. The minimum Gasteiger partial charge on any atom is -0.390 e. The number of ether oxygens (including phenoxy) is 1. The number of nitrogens with one attached hydrogen (secondary N) is 1. The second kappa shape index (κ2) is 8.51. The van der Waals surface area contributed by atoms with Gasteiger partial charge in [0.15, 0.2) is 5.01 Å². The largest absolute Gasteiger partial charge is 0.390 e. The van der Waals surface area contributed by atoms with Crippen LogP contribution < -0.4 is 10.2 Å². The molecule has 10 nitrogen and oxygen atoms in total. The number of anilines is 2. The van der Waals surface area contributed by atoms with Gasteiger partial charge in [-0.15, -0.1) is 10.2 Å². The topological polar surface area (TPSA) is 124 Å². The summed E-state index contributed by atoms with van der Waals surface area (Å²) in [5.74, 6) is 0. The summed E-state index contributed by atoms with van der Waals surface area (Å²) in [7, 11) is 0. The first-order valence-electron chi connectivity index (χ1n) is 11.9. The lowest BCUT2D eigenvalue weighted by Gasteiger charge is -2.40. The zero-order valence-corrected chi connectivity index (χ0v) is 20.9. The Morgan fingerprint density at radius 2 is 1.94 bits per heavy atom. The van der Waals surface area contributed by atoms with E-state index in [9.17, 15) is 10.4 Å². The van der Waals surface area contributed by atoms with Gasteiger partial charge in [-0.05, 0) is 51.0 Å². The molecule has 2 saturated heterocycles. The average Bonchev–Trinajstić information content (AvgIpc) is 3.50. The number of pyridine rings is 1. The SMILES string of the molecule is CC1(O)CCN(c2nnc(-c3cnc(-c4ccc5cc(C#N)cnn45)cc3NC3(C)COC3)s2)CC1. The highest BCUT2D eigenvalue weighted by atomic mass is 32.1. The van der Waals surface area contributed by atoms with Gasteiger partial charge in [-0.2, -0.15) is 10.4 Å². The first-order valence-corrected chi connectivity index (χ1v) is 12.7. The smallest absolute Gasteiger partial charge is 0.208 e. The highest BCUT2D eigenvalue weighted by Gasteiger charge is 2.34. The number of rotatable bonds is 5. The fourth-order valence-corrected chi connectivity index (χ4v) is 5.48.